The molecular weight excluding hydrogens is 226 g/mol. The van der Waals surface area contributed by atoms with Gasteiger partial charge in [-0.1, -0.05) is 11.3 Å². The molecule has 0 spiro atoms. The van der Waals surface area contributed by atoms with E-state index in [2.05, 4.69) is 20.0 Å². The van der Waals surface area contributed by atoms with Crippen LogP contribution in [0, 0.1) is 0 Å². The van der Waals surface area contributed by atoms with E-state index in [-0.39, 0.29) is 5.97 Å². The third kappa shape index (κ3) is 2.34. The lowest BCUT2D eigenvalue weighted by molar-refractivity contribution is 0.0606. The highest BCUT2D eigenvalue weighted by molar-refractivity contribution is 7.17. The fraction of sp³-hybridized carbons (Fsp3) is 0.100. The van der Waals surface area contributed by atoms with Gasteiger partial charge in [-0.25, -0.2) is 9.78 Å². The van der Waals surface area contributed by atoms with Crippen molar-refractivity contribution < 1.29 is 9.53 Å². The molecule has 6 heteroatoms. The van der Waals surface area contributed by atoms with E-state index in [4.69, 9.17) is 0 Å². The summed E-state index contributed by atoms with van der Waals surface area (Å²) in [4.78, 5) is 19.7. The summed E-state index contributed by atoms with van der Waals surface area (Å²) >= 11 is 1.24. The number of ether oxygens (including phenoxy) is 1. The highest BCUT2D eigenvalue weighted by atomic mass is 32.1. The predicted octanol–water partition coefficient (Wildman–Crippen LogP) is 2.07. The highest BCUT2D eigenvalue weighted by Crippen LogP contribution is 2.22. The van der Waals surface area contributed by atoms with E-state index in [1.54, 1.807) is 12.4 Å². The van der Waals surface area contributed by atoms with Crippen LogP contribution >= 0.6 is 11.3 Å². The second-order valence-corrected chi connectivity index (χ2v) is 3.92. The van der Waals surface area contributed by atoms with Gasteiger partial charge >= 0.3 is 5.97 Å². The maximum Gasteiger partial charge on any atom is 0.349 e. The van der Waals surface area contributed by atoms with E-state index in [0.717, 1.165) is 5.69 Å². The van der Waals surface area contributed by atoms with Crippen molar-refractivity contribution in [3.63, 3.8) is 0 Å². The smallest absolute Gasteiger partial charge is 0.349 e. The molecule has 16 heavy (non-hydrogen) atoms. The molecule has 2 aromatic rings. The predicted molar refractivity (Wildman–Crippen MR) is 61.0 cm³/mol. The Morgan fingerprint density at radius 2 is 2.38 bits per heavy atom. The quantitative estimate of drug-likeness (QED) is 0.825. The first-order chi connectivity index (χ1) is 7.79. The average molecular weight is 235 g/mol. The Bertz CT molecular complexity index is 484. The van der Waals surface area contributed by atoms with Gasteiger partial charge in [0.25, 0.3) is 0 Å². The van der Waals surface area contributed by atoms with E-state index in [9.17, 15) is 4.79 Å². The van der Waals surface area contributed by atoms with Crippen LogP contribution in [0.25, 0.3) is 0 Å². The van der Waals surface area contributed by atoms with E-state index in [1.165, 1.54) is 24.6 Å². The van der Waals surface area contributed by atoms with Crippen molar-refractivity contribution in [1.29, 1.82) is 0 Å². The van der Waals surface area contributed by atoms with Crippen molar-refractivity contribution in [2.75, 3.05) is 12.4 Å². The van der Waals surface area contributed by atoms with Crippen LogP contribution in [0.15, 0.2) is 30.7 Å². The van der Waals surface area contributed by atoms with Gasteiger partial charge in [0.2, 0.25) is 0 Å². The summed E-state index contributed by atoms with van der Waals surface area (Å²) < 4.78 is 4.59. The van der Waals surface area contributed by atoms with Gasteiger partial charge in [-0.05, 0) is 12.1 Å². The van der Waals surface area contributed by atoms with Gasteiger partial charge in [0.1, 0.15) is 4.88 Å². The number of hydrogen-bond acceptors (Lipinski definition) is 6. The molecule has 82 valence electrons. The van der Waals surface area contributed by atoms with Crippen LogP contribution in [0.1, 0.15) is 9.67 Å². The van der Waals surface area contributed by atoms with Gasteiger partial charge in [0.15, 0.2) is 5.13 Å². The maximum atomic E-state index is 11.2. The maximum absolute atomic E-state index is 11.2. The molecule has 0 radical (unpaired) electrons. The van der Waals surface area contributed by atoms with Gasteiger partial charge in [-0.2, -0.15) is 0 Å². The molecule has 1 N–H and O–H groups in total. The summed E-state index contributed by atoms with van der Waals surface area (Å²) in [5.41, 5.74) is 0.827. The summed E-state index contributed by atoms with van der Waals surface area (Å²) in [6.45, 7) is 0. The number of carbonyl (C=O) groups excluding carboxylic acids is 1. The number of hydrogen-bond donors (Lipinski definition) is 1. The summed E-state index contributed by atoms with van der Waals surface area (Å²) in [7, 11) is 1.34. The molecule has 0 saturated heterocycles. The Balaban J connectivity index is 2.12. The van der Waals surface area contributed by atoms with Crippen LogP contribution in [0.3, 0.4) is 0 Å². The molecule has 0 fully saturated rings. The van der Waals surface area contributed by atoms with E-state index < -0.39 is 0 Å². The Hall–Kier alpha value is -1.95. The van der Waals surface area contributed by atoms with Crippen LogP contribution < -0.4 is 5.32 Å². The second-order valence-electron chi connectivity index (χ2n) is 2.89. The standard InChI is InChI=1S/C10H9N3O2S/c1-15-9(14)8-6-12-10(16-8)13-7-3-2-4-11-5-7/h2-6H,1H3,(H,12,13). The molecule has 0 unspecified atom stereocenters. The van der Waals surface area contributed by atoms with Crippen LogP contribution in [-0.2, 0) is 4.74 Å². The van der Waals surface area contributed by atoms with Crippen molar-refractivity contribution in [3.8, 4) is 0 Å². The Morgan fingerprint density at radius 1 is 1.50 bits per heavy atom. The number of methoxy groups -OCH3 is 1. The number of rotatable bonds is 3. The summed E-state index contributed by atoms with van der Waals surface area (Å²) in [6.07, 6.45) is 4.85. The van der Waals surface area contributed by atoms with Gasteiger partial charge < -0.3 is 10.1 Å². The number of esters is 1. The summed E-state index contributed by atoms with van der Waals surface area (Å²) in [6, 6.07) is 3.68. The minimum atomic E-state index is -0.378. The molecule has 0 aromatic carbocycles. The average Bonchev–Trinajstić information content (AvgIpc) is 2.78. The van der Waals surface area contributed by atoms with Crippen molar-refractivity contribution in [1.82, 2.24) is 9.97 Å². The number of thiazole rings is 1. The number of anilines is 2. The molecule has 2 rings (SSSR count). The fourth-order valence-electron chi connectivity index (χ4n) is 1.09. The lowest BCUT2D eigenvalue weighted by Crippen LogP contribution is -1.96. The van der Waals surface area contributed by atoms with Crippen molar-refractivity contribution >= 4 is 28.1 Å². The van der Waals surface area contributed by atoms with Crippen LogP contribution in [0.5, 0.6) is 0 Å². The van der Waals surface area contributed by atoms with E-state index in [0.29, 0.717) is 10.0 Å². The van der Waals surface area contributed by atoms with Crippen LogP contribution in [-0.4, -0.2) is 23.0 Å². The van der Waals surface area contributed by atoms with Gasteiger partial charge in [0.05, 0.1) is 25.2 Å². The number of nitrogens with zero attached hydrogens (tertiary/aromatic N) is 2. The van der Waals surface area contributed by atoms with Crippen molar-refractivity contribution in [2.24, 2.45) is 0 Å². The third-order valence-electron chi connectivity index (χ3n) is 1.81. The molecule has 0 bridgehead atoms. The number of pyridine rings is 1. The molecule has 0 saturated carbocycles. The first kappa shape index (κ1) is 10.6. The first-order valence-electron chi connectivity index (χ1n) is 4.51. The molecular formula is C10H9N3O2S. The van der Waals surface area contributed by atoms with E-state index >= 15 is 0 Å². The Labute approximate surface area is 96.1 Å². The van der Waals surface area contributed by atoms with Gasteiger partial charge in [0, 0.05) is 6.20 Å². The lowest BCUT2D eigenvalue weighted by atomic mass is 10.4. The fourth-order valence-corrected chi connectivity index (χ4v) is 1.84. The minimum Gasteiger partial charge on any atom is -0.465 e. The SMILES string of the molecule is COC(=O)c1cnc(Nc2cccnc2)s1. The van der Waals surface area contributed by atoms with E-state index in [1.807, 2.05) is 12.1 Å². The molecule has 0 amide bonds. The molecule has 0 aliphatic rings. The number of nitrogens with one attached hydrogen (secondary N) is 1. The second kappa shape index (κ2) is 4.71. The molecule has 2 aromatic heterocycles. The molecule has 2 heterocycles. The van der Waals surface area contributed by atoms with Crippen LogP contribution in [0.2, 0.25) is 0 Å². The zero-order chi connectivity index (χ0) is 11.4. The lowest BCUT2D eigenvalue weighted by Gasteiger charge is -1.99. The molecule has 5 nitrogen and oxygen atoms in total. The molecule has 0 aliphatic heterocycles. The largest absolute Gasteiger partial charge is 0.465 e. The highest BCUT2D eigenvalue weighted by Gasteiger charge is 2.10. The first-order valence-corrected chi connectivity index (χ1v) is 5.32. The summed E-state index contributed by atoms with van der Waals surface area (Å²) in [5, 5.41) is 3.67. The Morgan fingerprint density at radius 3 is 3.06 bits per heavy atom. The normalized spacial score (nSPS) is 9.81. The van der Waals surface area contributed by atoms with Crippen molar-refractivity contribution in [2.45, 2.75) is 0 Å². The number of aromatic nitrogens is 2. The van der Waals surface area contributed by atoms with Crippen LogP contribution in [0.4, 0.5) is 10.8 Å². The minimum absolute atomic E-state index is 0.378. The molecule has 0 aliphatic carbocycles. The van der Waals surface area contributed by atoms with Crippen molar-refractivity contribution in [3.05, 3.63) is 35.6 Å². The zero-order valence-electron chi connectivity index (χ0n) is 8.51. The van der Waals surface area contributed by atoms with Gasteiger partial charge in [-0.15, -0.1) is 0 Å². The monoisotopic (exact) mass is 235 g/mol. The number of carbonyl (C=O) groups is 1. The van der Waals surface area contributed by atoms with Gasteiger partial charge in [-0.3, -0.25) is 4.98 Å². The third-order valence-corrected chi connectivity index (χ3v) is 2.70. The molecule has 0 atom stereocenters. The topological polar surface area (TPSA) is 64.1 Å². The Kier molecular flexibility index (Phi) is 3.11. The zero-order valence-corrected chi connectivity index (χ0v) is 9.32. The summed E-state index contributed by atoms with van der Waals surface area (Å²) in [5.74, 6) is -0.378.